The van der Waals surface area contributed by atoms with Gasteiger partial charge in [-0.05, 0) is 30.3 Å². The lowest BCUT2D eigenvalue weighted by molar-refractivity contribution is 0.477. The van der Waals surface area contributed by atoms with Gasteiger partial charge in [0, 0.05) is 12.0 Å². The van der Waals surface area contributed by atoms with E-state index in [2.05, 4.69) is 26.9 Å². The first-order chi connectivity index (χ1) is 8.92. The second-order valence-corrected chi connectivity index (χ2v) is 5.96. The Bertz CT molecular complexity index is 489. The number of hydrogen-bond donors (Lipinski definition) is 1. The van der Waals surface area contributed by atoms with Crippen molar-refractivity contribution in [2.24, 2.45) is 5.92 Å². The molecule has 0 saturated carbocycles. The van der Waals surface area contributed by atoms with E-state index in [1.807, 2.05) is 30.3 Å². The summed E-state index contributed by atoms with van der Waals surface area (Å²) in [6.45, 7) is 0. The summed E-state index contributed by atoms with van der Waals surface area (Å²) in [5.74, 6) is 5.22. The molecule has 2 aromatic rings. The molecule has 4 heteroatoms. The topological polar surface area (TPSA) is 41.6 Å². The lowest BCUT2D eigenvalue weighted by atomic mass is 9.99. The van der Waals surface area contributed by atoms with E-state index >= 15 is 0 Å². The van der Waals surface area contributed by atoms with Gasteiger partial charge in [-0.15, -0.1) is 0 Å². The van der Waals surface area contributed by atoms with Gasteiger partial charge in [0.05, 0.1) is 0 Å². The predicted molar refractivity (Wildman–Crippen MR) is 75.6 cm³/mol. The van der Waals surface area contributed by atoms with Crippen LogP contribution >= 0.6 is 11.8 Å². The van der Waals surface area contributed by atoms with Crippen LogP contribution < -0.4 is 0 Å². The molecule has 0 aliphatic carbocycles. The maximum absolute atomic E-state index is 4.60. The van der Waals surface area contributed by atoms with E-state index < -0.39 is 0 Å². The van der Waals surface area contributed by atoms with Crippen LogP contribution in [0.2, 0.25) is 0 Å². The Balaban J connectivity index is 1.69. The Labute approximate surface area is 111 Å². The smallest absolute Gasteiger partial charge is 0.181 e. The molecule has 0 bridgehead atoms. The lowest BCUT2D eigenvalue weighted by Crippen LogP contribution is -2.12. The van der Waals surface area contributed by atoms with Crippen LogP contribution in [0, 0.1) is 5.92 Å². The summed E-state index contributed by atoms with van der Waals surface area (Å²) in [4.78, 5) is 4.60. The first-order valence-corrected chi connectivity index (χ1v) is 7.62. The molecule has 0 spiro atoms. The summed E-state index contributed by atoms with van der Waals surface area (Å²) in [6.07, 6.45) is 3.67. The molecule has 0 atom stereocenters. The van der Waals surface area contributed by atoms with Crippen molar-refractivity contribution in [1.29, 1.82) is 0 Å². The first kappa shape index (κ1) is 11.8. The number of thioether (sulfide) groups is 1. The fourth-order valence-corrected chi connectivity index (χ4v) is 3.53. The van der Waals surface area contributed by atoms with E-state index in [4.69, 9.17) is 0 Å². The molecule has 1 aliphatic rings. The van der Waals surface area contributed by atoms with E-state index in [1.165, 1.54) is 24.3 Å². The SMILES string of the molecule is c1ccc(-c2n[nH]c(CC3CCSCC3)n2)cc1. The minimum absolute atomic E-state index is 0.780. The Morgan fingerprint density at radius 2 is 1.94 bits per heavy atom. The van der Waals surface area contributed by atoms with Crippen LogP contribution in [0.15, 0.2) is 30.3 Å². The summed E-state index contributed by atoms with van der Waals surface area (Å²) < 4.78 is 0. The van der Waals surface area contributed by atoms with Gasteiger partial charge in [0.2, 0.25) is 0 Å². The zero-order chi connectivity index (χ0) is 12.2. The number of nitrogens with zero attached hydrogens (tertiary/aromatic N) is 2. The molecule has 1 N–H and O–H groups in total. The van der Waals surface area contributed by atoms with Crippen LogP contribution in [-0.4, -0.2) is 26.7 Å². The second-order valence-electron chi connectivity index (χ2n) is 4.73. The molecule has 18 heavy (non-hydrogen) atoms. The van der Waals surface area contributed by atoms with Gasteiger partial charge >= 0.3 is 0 Å². The highest BCUT2D eigenvalue weighted by Crippen LogP contribution is 2.25. The number of aromatic nitrogens is 3. The highest BCUT2D eigenvalue weighted by molar-refractivity contribution is 7.99. The molecule has 1 saturated heterocycles. The number of nitrogens with one attached hydrogen (secondary N) is 1. The van der Waals surface area contributed by atoms with Gasteiger partial charge in [-0.2, -0.15) is 16.9 Å². The fourth-order valence-electron chi connectivity index (χ4n) is 2.33. The third-order valence-electron chi connectivity index (χ3n) is 3.39. The number of hydrogen-bond acceptors (Lipinski definition) is 3. The van der Waals surface area contributed by atoms with Gasteiger partial charge in [-0.3, -0.25) is 5.10 Å². The maximum Gasteiger partial charge on any atom is 0.181 e. The lowest BCUT2D eigenvalue weighted by Gasteiger charge is -2.19. The number of H-pyrrole nitrogens is 1. The van der Waals surface area contributed by atoms with Gasteiger partial charge < -0.3 is 0 Å². The number of rotatable bonds is 3. The van der Waals surface area contributed by atoms with Gasteiger partial charge in [0.25, 0.3) is 0 Å². The molecule has 0 amide bonds. The quantitative estimate of drug-likeness (QED) is 0.920. The summed E-state index contributed by atoms with van der Waals surface area (Å²) in [6, 6.07) is 10.1. The Kier molecular flexibility index (Phi) is 3.64. The molecule has 0 radical (unpaired) electrons. The van der Waals surface area contributed by atoms with Crippen LogP contribution in [0.3, 0.4) is 0 Å². The maximum atomic E-state index is 4.60. The van der Waals surface area contributed by atoms with Crippen molar-refractivity contribution in [2.75, 3.05) is 11.5 Å². The Morgan fingerprint density at radius 1 is 1.17 bits per heavy atom. The van der Waals surface area contributed by atoms with Crippen LogP contribution in [0.4, 0.5) is 0 Å². The molecule has 0 unspecified atom stereocenters. The molecule has 1 aliphatic heterocycles. The number of aromatic amines is 1. The van der Waals surface area contributed by atoms with Crippen molar-refractivity contribution in [1.82, 2.24) is 15.2 Å². The third-order valence-corrected chi connectivity index (χ3v) is 4.44. The third kappa shape index (κ3) is 2.75. The average Bonchev–Trinajstić information content (AvgIpc) is 2.89. The van der Waals surface area contributed by atoms with E-state index in [0.29, 0.717) is 0 Å². The van der Waals surface area contributed by atoms with E-state index in [9.17, 15) is 0 Å². The summed E-state index contributed by atoms with van der Waals surface area (Å²) in [7, 11) is 0. The predicted octanol–water partition coefficient (Wildman–Crippen LogP) is 3.16. The molecular weight excluding hydrogens is 242 g/mol. The zero-order valence-corrected chi connectivity index (χ0v) is 11.1. The average molecular weight is 259 g/mol. The fraction of sp³-hybridized carbons (Fsp3) is 0.429. The van der Waals surface area contributed by atoms with Crippen LogP contribution in [-0.2, 0) is 6.42 Å². The minimum Gasteiger partial charge on any atom is -0.263 e. The standard InChI is InChI=1S/C14H17N3S/c1-2-4-12(5-3-1)14-15-13(16-17-14)10-11-6-8-18-9-7-11/h1-5,11H,6-10H2,(H,15,16,17). The molecule has 3 nitrogen and oxygen atoms in total. The van der Waals surface area contributed by atoms with Crippen molar-refractivity contribution in [3.8, 4) is 11.4 Å². The normalized spacial score (nSPS) is 16.9. The molecule has 1 fully saturated rings. The van der Waals surface area contributed by atoms with Crippen LogP contribution in [0.5, 0.6) is 0 Å². The molecule has 1 aromatic carbocycles. The van der Waals surface area contributed by atoms with Gasteiger partial charge in [-0.1, -0.05) is 30.3 Å². The van der Waals surface area contributed by atoms with Crippen molar-refractivity contribution in [3.05, 3.63) is 36.2 Å². The summed E-state index contributed by atoms with van der Waals surface area (Å²) in [5.41, 5.74) is 1.08. The van der Waals surface area contributed by atoms with Gasteiger partial charge in [-0.25, -0.2) is 4.98 Å². The minimum atomic E-state index is 0.780. The van der Waals surface area contributed by atoms with E-state index in [0.717, 1.165) is 29.6 Å². The summed E-state index contributed by atoms with van der Waals surface area (Å²) in [5, 5.41) is 7.39. The van der Waals surface area contributed by atoms with E-state index in [1.54, 1.807) is 0 Å². The first-order valence-electron chi connectivity index (χ1n) is 6.46. The Morgan fingerprint density at radius 3 is 2.72 bits per heavy atom. The largest absolute Gasteiger partial charge is 0.263 e. The highest BCUT2D eigenvalue weighted by Gasteiger charge is 2.16. The Hall–Kier alpha value is -1.29. The second kappa shape index (κ2) is 5.57. The van der Waals surface area contributed by atoms with Gasteiger partial charge in [0.1, 0.15) is 5.82 Å². The van der Waals surface area contributed by atoms with Crippen molar-refractivity contribution >= 4 is 11.8 Å². The molecule has 3 rings (SSSR count). The molecule has 2 heterocycles. The molecule has 1 aromatic heterocycles. The van der Waals surface area contributed by atoms with Crippen molar-refractivity contribution in [2.45, 2.75) is 19.3 Å². The highest BCUT2D eigenvalue weighted by atomic mass is 32.2. The molecular formula is C14H17N3S. The van der Waals surface area contributed by atoms with Crippen LogP contribution in [0.1, 0.15) is 18.7 Å². The van der Waals surface area contributed by atoms with Crippen molar-refractivity contribution < 1.29 is 0 Å². The number of benzene rings is 1. The monoisotopic (exact) mass is 259 g/mol. The zero-order valence-electron chi connectivity index (χ0n) is 10.3. The van der Waals surface area contributed by atoms with Gasteiger partial charge in [0.15, 0.2) is 5.82 Å². The van der Waals surface area contributed by atoms with Crippen LogP contribution in [0.25, 0.3) is 11.4 Å². The molecule has 94 valence electrons. The van der Waals surface area contributed by atoms with Crippen molar-refractivity contribution in [3.63, 3.8) is 0 Å². The van der Waals surface area contributed by atoms with E-state index in [-0.39, 0.29) is 0 Å². The summed E-state index contributed by atoms with van der Waals surface area (Å²) >= 11 is 2.07.